The first-order chi connectivity index (χ1) is 16.9. The normalized spacial score (nSPS) is 18.0. The van der Waals surface area contributed by atoms with Gasteiger partial charge in [0.1, 0.15) is 0 Å². The lowest BCUT2D eigenvalue weighted by atomic mass is 9.73. The van der Waals surface area contributed by atoms with Gasteiger partial charge < -0.3 is 11.6 Å². The molecule has 186 valence electrons. The number of aryl methyl sites for hydroxylation is 1. The van der Waals surface area contributed by atoms with Gasteiger partial charge >= 0.3 is 5.69 Å². The molecule has 4 N–H and O–H groups in total. The minimum atomic E-state index is 0.0948. The van der Waals surface area contributed by atoms with Crippen molar-refractivity contribution in [3.63, 3.8) is 0 Å². The Bertz CT molecular complexity index is 1240. The molecule has 2 heterocycles. The third-order valence-electron chi connectivity index (χ3n) is 7.44. The van der Waals surface area contributed by atoms with Crippen LogP contribution in [0.3, 0.4) is 0 Å². The molecule has 1 aliphatic rings. The van der Waals surface area contributed by atoms with Gasteiger partial charge in [-0.05, 0) is 42.7 Å². The first kappa shape index (κ1) is 24.8. The molecular formula is C28H38N6O. The van der Waals surface area contributed by atoms with Gasteiger partial charge in [-0.3, -0.25) is 14.1 Å². The molecule has 0 aliphatic heterocycles. The summed E-state index contributed by atoms with van der Waals surface area (Å²) >= 11 is 0. The van der Waals surface area contributed by atoms with Gasteiger partial charge in [0.15, 0.2) is 5.84 Å². The number of hydrazone groups is 1. The van der Waals surface area contributed by atoms with Gasteiger partial charge in [-0.2, -0.15) is 5.10 Å². The topological polar surface area (TPSA) is 104 Å². The lowest BCUT2D eigenvalue weighted by Gasteiger charge is -2.38. The van der Waals surface area contributed by atoms with Crippen LogP contribution >= 0.6 is 0 Å². The number of benzene rings is 1. The van der Waals surface area contributed by atoms with E-state index in [1.54, 1.807) is 0 Å². The highest BCUT2D eigenvalue weighted by molar-refractivity contribution is 6.02. The first-order valence-electron chi connectivity index (χ1n) is 12.7. The fourth-order valence-electron chi connectivity index (χ4n) is 5.35. The average Bonchev–Trinajstić information content (AvgIpc) is 3.17. The van der Waals surface area contributed by atoms with Gasteiger partial charge in [-0.15, -0.1) is 0 Å². The van der Waals surface area contributed by atoms with Gasteiger partial charge in [-0.1, -0.05) is 70.4 Å². The summed E-state index contributed by atoms with van der Waals surface area (Å²) in [6.45, 7) is 7.30. The number of pyridine rings is 1. The van der Waals surface area contributed by atoms with Crippen LogP contribution in [0, 0.1) is 5.41 Å². The number of imidazole rings is 1. The van der Waals surface area contributed by atoms with Crippen molar-refractivity contribution in [1.29, 1.82) is 0 Å². The van der Waals surface area contributed by atoms with E-state index in [-0.39, 0.29) is 23.0 Å². The zero-order chi connectivity index (χ0) is 25.0. The van der Waals surface area contributed by atoms with Crippen molar-refractivity contribution in [3.8, 4) is 11.3 Å². The highest BCUT2D eigenvalue weighted by Gasteiger charge is 2.35. The van der Waals surface area contributed by atoms with Crippen molar-refractivity contribution in [2.45, 2.75) is 78.3 Å². The second kappa shape index (κ2) is 10.5. The second-order valence-electron chi connectivity index (χ2n) is 10.4. The Kier molecular flexibility index (Phi) is 7.43. The molecule has 1 unspecified atom stereocenters. The summed E-state index contributed by atoms with van der Waals surface area (Å²) in [4.78, 5) is 18.3. The van der Waals surface area contributed by atoms with Crippen LogP contribution in [-0.4, -0.2) is 20.0 Å². The third kappa shape index (κ3) is 5.19. The largest absolute Gasteiger partial charge is 0.382 e. The molecule has 0 saturated heterocycles. The van der Waals surface area contributed by atoms with Crippen LogP contribution in [0.25, 0.3) is 11.3 Å². The number of hydrogen-bond donors (Lipinski definition) is 2. The molecule has 0 radical (unpaired) electrons. The summed E-state index contributed by atoms with van der Waals surface area (Å²) in [5.41, 5.74) is 10.7. The molecular weight excluding hydrogens is 436 g/mol. The van der Waals surface area contributed by atoms with Crippen LogP contribution in [0.15, 0.2) is 58.7 Å². The molecule has 4 rings (SSSR count). The van der Waals surface area contributed by atoms with Crippen molar-refractivity contribution >= 4 is 5.84 Å². The van der Waals surface area contributed by atoms with Crippen LogP contribution in [0.4, 0.5) is 0 Å². The third-order valence-corrected chi connectivity index (χ3v) is 7.44. The van der Waals surface area contributed by atoms with Crippen LogP contribution in [0.1, 0.15) is 82.2 Å². The van der Waals surface area contributed by atoms with Crippen molar-refractivity contribution < 1.29 is 0 Å². The Labute approximate surface area is 207 Å². The van der Waals surface area contributed by atoms with Crippen molar-refractivity contribution in [2.24, 2.45) is 22.1 Å². The van der Waals surface area contributed by atoms with E-state index in [2.05, 4.69) is 32.1 Å². The van der Waals surface area contributed by atoms with Crippen LogP contribution < -0.4 is 17.3 Å². The smallest absolute Gasteiger partial charge is 0.328 e. The summed E-state index contributed by atoms with van der Waals surface area (Å²) in [5.74, 6) is 5.67. The summed E-state index contributed by atoms with van der Waals surface area (Å²) in [6, 6.07) is 11.9. The Morgan fingerprint density at radius 1 is 1.20 bits per heavy atom. The summed E-state index contributed by atoms with van der Waals surface area (Å²) in [5, 5.41) is 3.64. The van der Waals surface area contributed by atoms with E-state index in [1.807, 2.05) is 51.7 Å². The van der Waals surface area contributed by atoms with Gasteiger partial charge in [-0.25, -0.2) is 4.79 Å². The molecule has 3 aromatic rings. The van der Waals surface area contributed by atoms with Crippen molar-refractivity contribution in [1.82, 2.24) is 14.1 Å². The fraction of sp³-hybridized carbons (Fsp3) is 0.464. The maximum atomic E-state index is 13.7. The minimum absolute atomic E-state index is 0.0948. The van der Waals surface area contributed by atoms with E-state index in [4.69, 9.17) is 16.6 Å². The second-order valence-corrected chi connectivity index (χ2v) is 10.4. The number of aromatic nitrogens is 3. The van der Waals surface area contributed by atoms with E-state index >= 15 is 0 Å². The quantitative estimate of drug-likeness (QED) is 0.211. The number of hydrogen-bond acceptors (Lipinski definition) is 4. The maximum absolute atomic E-state index is 13.7. The van der Waals surface area contributed by atoms with E-state index in [0.29, 0.717) is 6.54 Å². The Balaban J connectivity index is 1.65. The summed E-state index contributed by atoms with van der Waals surface area (Å²) in [7, 11) is 0. The Morgan fingerprint density at radius 3 is 2.69 bits per heavy atom. The molecule has 1 aliphatic carbocycles. The predicted molar refractivity (Wildman–Crippen MR) is 142 cm³/mol. The standard InChI is InChI=1S/C28H38N6O/c1-4-5-10-21-19-34(25-13-8-9-16-28(25,2)3)27(35)33(21)18-20-14-15-24(31-17-20)22-11-6-7-12-23(22)26(29)32-30/h6-7,11-12,14-15,17,19,25H,4-5,8-10,13,16,18,30H2,1-3H3,(H2,29,32). The van der Waals surface area contributed by atoms with E-state index < -0.39 is 0 Å². The van der Waals surface area contributed by atoms with Crippen LogP contribution in [-0.2, 0) is 13.0 Å². The molecule has 1 fully saturated rings. The predicted octanol–water partition coefficient (Wildman–Crippen LogP) is 4.82. The van der Waals surface area contributed by atoms with Gasteiger partial charge in [0, 0.05) is 35.3 Å². The molecule has 2 aromatic heterocycles. The maximum Gasteiger partial charge on any atom is 0.328 e. The molecule has 0 spiro atoms. The highest BCUT2D eigenvalue weighted by Crippen LogP contribution is 2.43. The monoisotopic (exact) mass is 474 g/mol. The van der Waals surface area contributed by atoms with E-state index in [0.717, 1.165) is 60.2 Å². The van der Waals surface area contributed by atoms with Gasteiger partial charge in [0.25, 0.3) is 0 Å². The molecule has 1 atom stereocenters. The van der Waals surface area contributed by atoms with Gasteiger partial charge in [0.2, 0.25) is 0 Å². The van der Waals surface area contributed by atoms with Crippen LogP contribution in [0.5, 0.6) is 0 Å². The van der Waals surface area contributed by atoms with E-state index in [9.17, 15) is 4.79 Å². The van der Waals surface area contributed by atoms with Crippen molar-refractivity contribution in [2.75, 3.05) is 0 Å². The molecule has 0 amide bonds. The number of rotatable bonds is 8. The zero-order valence-corrected chi connectivity index (χ0v) is 21.2. The number of amidine groups is 1. The Morgan fingerprint density at radius 2 is 2.00 bits per heavy atom. The average molecular weight is 475 g/mol. The highest BCUT2D eigenvalue weighted by atomic mass is 16.1. The molecule has 35 heavy (non-hydrogen) atoms. The first-order valence-corrected chi connectivity index (χ1v) is 12.7. The molecule has 0 bridgehead atoms. The minimum Gasteiger partial charge on any atom is -0.382 e. The van der Waals surface area contributed by atoms with Crippen LogP contribution in [0.2, 0.25) is 0 Å². The molecule has 1 aromatic carbocycles. The molecule has 7 nitrogen and oxygen atoms in total. The number of unbranched alkanes of at least 4 members (excludes halogenated alkanes) is 1. The lowest BCUT2D eigenvalue weighted by molar-refractivity contribution is 0.140. The summed E-state index contributed by atoms with van der Waals surface area (Å²) < 4.78 is 3.97. The number of nitrogens with zero attached hydrogens (tertiary/aromatic N) is 4. The SMILES string of the molecule is CCCCc1cn(C2CCCCC2(C)C)c(=O)n1Cc1ccc(-c2ccccc2/C(N)=N/N)nc1. The Hall–Kier alpha value is -3.35. The zero-order valence-electron chi connectivity index (χ0n) is 21.2. The number of nitrogens with two attached hydrogens (primary N) is 2. The lowest BCUT2D eigenvalue weighted by Crippen LogP contribution is -2.37. The van der Waals surface area contributed by atoms with Crippen molar-refractivity contribution in [3.05, 3.63) is 76.1 Å². The van der Waals surface area contributed by atoms with Gasteiger partial charge in [0.05, 0.1) is 12.2 Å². The summed E-state index contributed by atoms with van der Waals surface area (Å²) in [6.07, 6.45) is 11.7. The molecule has 1 saturated carbocycles. The van der Waals surface area contributed by atoms with E-state index in [1.165, 1.54) is 12.8 Å². The molecule has 7 heteroatoms. The fourth-order valence-corrected chi connectivity index (χ4v) is 5.35.